The maximum absolute atomic E-state index is 13.7. The Labute approximate surface area is 119 Å². The summed E-state index contributed by atoms with van der Waals surface area (Å²) >= 11 is 4.83. The Hall–Kier alpha value is -2.28. The number of aryl methyl sites for hydroxylation is 1. The molecule has 0 fully saturated rings. The van der Waals surface area contributed by atoms with Crippen LogP contribution in [0.4, 0.5) is 4.39 Å². The summed E-state index contributed by atoms with van der Waals surface area (Å²) in [6.45, 7) is -0.0583. The van der Waals surface area contributed by atoms with Gasteiger partial charge in [-0.25, -0.2) is 4.39 Å². The van der Waals surface area contributed by atoms with Gasteiger partial charge in [-0.3, -0.25) is 9.59 Å². The Kier molecular flexibility index (Phi) is 3.80. The summed E-state index contributed by atoms with van der Waals surface area (Å²) in [6, 6.07) is 4.17. The zero-order valence-corrected chi connectivity index (χ0v) is 11.5. The lowest BCUT2D eigenvalue weighted by atomic mass is 10.1. The molecule has 0 aliphatic carbocycles. The van der Waals surface area contributed by atoms with Crippen molar-refractivity contribution >= 4 is 17.2 Å². The molecule has 0 atom stereocenters. The first-order valence-electron chi connectivity index (χ1n) is 5.74. The van der Waals surface area contributed by atoms with Crippen molar-refractivity contribution in [1.29, 1.82) is 0 Å². The van der Waals surface area contributed by atoms with Gasteiger partial charge >= 0.3 is 11.1 Å². The highest BCUT2D eigenvalue weighted by Crippen LogP contribution is 2.11. The van der Waals surface area contributed by atoms with Gasteiger partial charge in [-0.1, -0.05) is 12.2 Å². The van der Waals surface area contributed by atoms with Gasteiger partial charge in [0, 0.05) is 30.6 Å². The second kappa shape index (κ2) is 5.38. The van der Waals surface area contributed by atoms with Gasteiger partial charge in [0.15, 0.2) is 0 Å². The van der Waals surface area contributed by atoms with Crippen LogP contribution < -0.4 is 16.9 Å². The van der Waals surface area contributed by atoms with E-state index in [2.05, 4.69) is 0 Å². The molecular weight excluding hydrogens is 281 g/mol. The molecule has 1 aromatic carbocycles. The van der Waals surface area contributed by atoms with E-state index in [-0.39, 0.29) is 17.1 Å². The van der Waals surface area contributed by atoms with Crippen LogP contribution in [-0.2, 0) is 13.6 Å². The monoisotopic (exact) mass is 293 g/mol. The van der Waals surface area contributed by atoms with Crippen LogP contribution in [-0.4, -0.2) is 14.1 Å². The minimum absolute atomic E-state index is 0.0583. The number of benzene rings is 1. The van der Waals surface area contributed by atoms with Gasteiger partial charge in [0.2, 0.25) is 0 Å². The first kappa shape index (κ1) is 14.1. The number of aromatic nitrogens is 2. The fraction of sp³-hybridized carbons (Fsp3) is 0.154. The maximum atomic E-state index is 13.7. The third-order valence-electron chi connectivity index (χ3n) is 2.91. The molecule has 7 heteroatoms. The van der Waals surface area contributed by atoms with Gasteiger partial charge in [-0.15, -0.1) is 0 Å². The predicted octanol–water partition coefficient (Wildman–Crippen LogP) is 0.369. The van der Waals surface area contributed by atoms with Crippen LogP contribution >= 0.6 is 12.2 Å². The second-order valence-corrected chi connectivity index (χ2v) is 4.76. The topological polar surface area (TPSA) is 70.0 Å². The zero-order valence-electron chi connectivity index (χ0n) is 10.7. The molecule has 104 valence electrons. The van der Waals surface area contributed by atoms with Crippen molar-refractivity contribution in [3.63, 3.8) is 0 Å². The first-order chi connectivity index (χ1) is 9.40. The van der Waals surface area contributed by atoms with Crippen molar-refractivity contribution in [3.05, 3.63) is 68.2 Å². The fourth-order valence-electron chi connectivity index (χ4n) is 1.75. The van der Waals surface area contributed by atoms with E-state index in [0.717, 1.165) is 4.57 Å². The summed E-state index contributed by atoms with van der Waals surface area (Å²) in [5.41, 5.74) is 4.86. The zero-order chi connectivity index (χ0) is 14.9. The van der Waals surface area contributed by atoms with Crippen molar-refractivity contribution in [1.82, 2.24) is 9.13 Å². The number of nitrogens with zero attached hydrogens (tertiary/aromatic N) is 2. The molecule has 1 aromatic heterocycles. The van der Waals surface area contributed by atoms with Crippen molar-refractivity contribution < 1.29 is 4.39 Å². The van der Waals surface area contributed by atoms with Crippen LogP contribution in [0.1, 0.15) is 11.1 Å². The number of hydrogen-bond acceptors (Lipinski definition) is 3. The second-order valence-electron chi connectivity index (χ2n) is 4.32. The quantitative estimate of drug-likeness (QED) is 0.655. The third kappa shape index (κ3) is 2.67. The van der Waals surface area contributed by atoms with Crippen LogP contribution in [0.2, 0.25) is 0 Å². The number of hydrogen-bond donors (Lipinski definition) is 1. The average molecular weight is 293 g/mol. The number of thiocarbonyl (C=S) groups is 1. The van der Waals surface area contributed by atoms with Crippen molar-refractivity contribution in [2.75, 3.05) is 0 Å². The van der Waals surface area contributed by atoms with Crippen molar-refractivity contribution in [3.8, 4) is 0 Å². The number of rotatable bonds is 3. The Balaban J connectivity index is 2.48. The standard InChI is InChI=1S/C13H12FN3O2S/c1-16-4-5-17(13(19)12(16)18)7-9-6-8(11(15)20)2-3-10(9)14/h2-6H,7H2,1H3,(H2,15,20). The van der Waals surface area contributed by atoms with Gasteiger partial charge in [-0.2, -0.15) is 0 Å². The molecule has 2 N–H and O–H groups in total. The van der Waals surface area contributed by atoms with E-state index >= 15 is 0 Å². The van der Waals surface area contributed by atoms with E-state index in [9.17, 15) is 14.0 Å². The smallest absolute Gasteiger partial charge is 0.316 e. The van der Waals surface area contributed by atoms with Crippen LogP contribution in [0.3, 0.4) is 0 Å². The van der Waals surface area contributed by atoms with Crippen LogP contribution in [0.5, 0.6) is 0 Å². The minimum atomic E-state index is -0.713. The van der Waals surface area contributed by atoms with E-state index in [1.807, 2.05) is 0 Å². The number of nitrogens with two attached hydrogens (primary N) is 1. The molecule has 20 heavy (non-hydrogen) atoms. The number of halogens is 1. The summed E-state index contributed by atoms with van der Waals surface area (Å²) in [7, 11) is 1.47. The van der Waals surface area contributed by atoms with Crippen LogP contribution in [0, 0.1) is 5.82 Å². The molecular formula is C13H12FN3O2S. The first-order valence-corrected chi connectivity index (χ1v) is 6.15. The van der Waals surface area contributed by atoms with Gasteiger partial charge in [0.25, 0.3) is 0 Å². The lowest BCUT2D eigenvalue weighted by Gasteiger charge is -2.09. The van der Waals surface area contributed by atoms with Crippen LogP contribution in [0.25, 0.3) is 0 Å². The molecule has 0 saturated heterocycles. The molecule has 0 aliphatic heterocycles. The summed E-state index contributed by atoms with van der Waals surface area (Å²) in [6.07, 6.45) is 2.87. The molecule has 0 unspecified atom stereocenters. The van der Waals surface area contributed by atoms with Crippen molar-refractivity contribution in [2.45, 2.75) is 6.54 Å². The summed E-state index contributed by atoms with van der Waals surface area (Å²) in [5, 5.41) is 0. The fourth-order valence-corrected chi connectivity index (χ4v) is 1.87. The van der Waals surface area contributed by atoms with E-state index in [1.165, 1.54) is 42.2 Å². The maximum Gasteiger partial charge on any atom is 0.316 e. The molecule has 0 radical (unpaired) electrons. The van der Waals surface area contributed by atoms with Gasteiger partial charge in [0.05, 0.1) is 6.54 Å². The molecule has 1 heterocycles. The van der Waals surface area contributed by atoms with Crippen LogP contribution in [0.15, 0.2) is 40.2 Å². The average Bonchev–Trinajstić information content (AvgIpc) is 2.41. The highest BCUT2D eigenvalue weighted by Gasteiger charge is 2.09. The predicted molar refractivity (Wildman–Crippen MR) is 77.3 cm³/mol. The van der Waals surface area contributed by atoms with E-state index < -0.39 is 16.9 Å². The molecule has 0 amide bonds. The Morgan fingerprint density at radius 2 is 2.00 bits per heavy atom. The molecule has 0 saturated carbocycles. The summed E-state index contributed by atoms with van der Waals surface area (Å²) < 4.78 is 16.1. The highest BCUT2D eigenvalue weighted by molar-refractivity contribution is 7.80. The Bertz CT molecular complexity index is 795. The summed E-state index contributed by atoms with van der Waals surface area (Å²) in [4.78, 5) is 23.5. The van der Waals surface area contributed by atoms with Gasteiger partial charge in [-0.05, 0) is 18.2 Å². The van der Waals surface area contributed by atoms with Crippen molar-refractivity contribution in [2.24, 2.45) is 12.8 Å². The SMILES string of the molecule is Cn1ccn(Cc2cc(C(N)=S)ccc2F)c(=O)c1=O. The summed E-state index contributed by atoms with van der Waals surface area (Å²) in [5.74, 6) is -0.488. The van der Waals surface area contributed by atoms with Gasteiger partial charge < -0.3 is 14.9 Å². The lowest BCUT2D eigenvalue weighted by Crippen LogP contribution is -2.39. The molecule has 0 spiro atoms. The largest absolute Gasteiger partial charge is 0.389 e. The molecule has 0 bridgehead atoms. The molecule has 2 aromatic rings. The van der Waals surface area contributed by atoms with E-state index in [0.29, 0.717) is 5.56 Å². The Morgan fingerprint density at radius 3 is 2.65 bits per heavy atom. The van der Waals surface area contributed by atoms with Gasteiger partial charge in [0.1, 0.15) is 10.8 Å². The lowest BCUT2D eigenvalue weighted by molar-refractivity contribution is 0.591. The van der Waals surface area contributed by atoms with E-state index in [4.69, 9.17) is 18.0 Å². The van der Waals surface area contributed by atoms with E-state index in [1.54, 1.807) is 0 Å². The normalized spacial score (nSPS) is 10.5. The molecule has 2 rings (SSSR count). The molecule has 5 nitrogen and oxygen atoms in total. The molecule has 0 aliphatic rings. The third-order valence-corrected chi connectivity index (χ3v) is 3.14. The highest BCUT2D eigenvalue weighted by atomic mass is 32.1. The Morgan fingerprint density at radius 1 is 1.30 bits per heavy atom. The minimum Gasteiger partial charge on any atom is -0.389 e.